The fourth-order valence-corrected chi connectivity index (χ4v) is 14.0. The highest BCUT2D eigenvalue weighted by molar-refractivity contribution is 7.89. The van der Waals surface area contributed by atoms with Gasteiger partial charge in [0.25, 0.3) is 5.91 Å². The number of ether oxygens (including phenoxy) is 2. The first-order valence-electron chi connectivity index (χ1n) is 26.7. The van der Waals surface area contributed by atoms with Crippen molar-refractivity contribution < 1.29 is 50.7 Å². The molecule has 0 spiro atoms. The van der Waals surface area contributed by atoms with Crippen LogP contribution in [0.15, 0.2) is 52.8 Å². The number of rotatable bonds is 19. The molecule has 6 aliphatic heterocycles. The van der Waals surface area contributed by atoms with E-state index in [1.165, 1.54) is 51.5 Å². The van der Waals surface area contributed by atoms with Crippen LogP contribution in [-0.2, 0) is 60.2 Å². The fourth-order valence-electron chi connectivity index (χ4n) is 12.1. The molecule has 2 aromatic heterocycles. The molecule has 23 heteroatoms. The van der Waals surface area contributed by atoms with Crippen molar-refractivity contribution in [2.24, 2.45) is 0 Å². The smallest absolute Gasteiger partial charge is 0.252 e. The molecule has 0 bridgehead atoms. The van der Waals surface area contributed by atoms with Gasteiger partial charge in [-0.15, -0.1) is 0 Å². The molecule has 0 unspecified atom stereocenters. The number of nitrogens with one attached hydrogen (secondary N) is 4. The second-order valence-corrected chi connectivity index (χ2v) is 23.6. The Morgan fingerprint density at radius 2 is 1.58 bits per heavy atom. The first kappa shape index (κ1) is 52.0. The van der Waals surface area contributed by atoms with Crippen LogP contribution >= 0.6 is 0 Å². The van der Waals surface area contributed by atoms with Gasteiger partial charge in [-0.1, -0.05) is 12.5 Å². The molecule has 404 valence electrons. The van der Waals surface area contributed by atoms with Gasteiger partial charge < -0.3 is 45.1 Å². The topological polar surface area (TPSA) is 282 Å². The number of hydrogen-bond donors (Lipinski definition) is 6. The summed E-state index contributed by atoms with van der Waals surface area (Å²) in [5, 5.41) is 31.8. The number of benzene rings is 3. The van der Waals surface area contributed by atoms with Crippen LogP contribution in [0.5, 0.6) is 11.5 Å². The molecule has 8 heterocycles. The van der Waals surface area contributed by atoms with Crippen molar-refractivity contribution in [3.8, 4) is 11.5 Å². The van der Waals surface area contributed by atoms with Gasteiger partial charge >= 0.3 is 0 Å². The average Bonchev–Trinajstić information content (AvgIpc) is 4.03. The average molecular weight is 1080 g/mol. The standard InChI is InChI=1S/C53H64N10O11S2/c1-2-54-52(67)49-45(65)46(66)53(74-49)63-30-59-42-50(57-29-58-51(42)63)56-20-7-6-19-55-40(64)16-4-3-5-21-60-75(68,69)33-17-18-34(39(28-33)76(70,71)72)41-37-26-31-12-8-22-61-24-10-14-35(43(31)61)47(37)73-48-36-15-11-25-62-23-9-13-32(44(36)62)27-38(41)48/h17-18,26-30,45-46,49,53,60,65-66H,2-16,19-25H2,1H3,(H3-,54,55,56,57,58,64,67,70,71,72)/t45-,46+,49-,53+/m0/s1. The van der Waals surface area contributed by atoms with Gasteiger partial charge in [-0.2, -0.15) is 0 Å². The van der Waals surface area contributed by atoms with Crippen LogP contribution in [-0.4, -0.2) is 134 Å². The number of aliphatic hydroxyl groups is 2. The normalized spacial score (nSPS) is 20.6. The lowest BCUT2D eigenvalue weighted by Gasteiger charge is -2.39. The molecule has 21 nitrogen and oxygen atoms in total. The summed E-state index contributed by atoms with van der Waals surface area (Å²) in [7, 11) is -9.45. The Morgan fingerprint density at radius 1 is 0.816 bits per heavy atom. The monoisotopic (exact) mass is 1080 g/mol. The number of imidazole rings is 1. The minimum absolute atomic E-state index is 0.0417. The first-order chi connectivity index (χ1) is 36.7. The summed E-state index contributed by atoms with van der Waals surface area (Å²) >= 11 is 0. The van der Waals surface area contributed by atoms with Crippen LogP contribution in [0.3, 0.4) is 0 Å². The largest absolute Gasteiger partial charge is 0.744 e. The summed E-state index contributed by atoms with van der Waals surface area (Å²) < 4.78 is 87.0. The lowest BCUT2D eigenvalue weighted by Crippen LogP contribution is -2.45. The molecule has 76 heavy (non-hydrogen) atoms. The minimum atomic E-state index is -5.21. The van der Waals surface area contributed by atoms with Gasteiger partial charge in [0.15, 0.2) is 29.3 Å². The third kappa shape index (κ3) is 9.83. The molecule has 1 fully saturated rings. The van der Waals surface area contributed by atoms with E-state index in [4.69, 9.17) is 9.47 Å². The number of fused-ring (bicyclic) bond motifs is 5. The second kappa shape index (κ2) is 21.4. The zero-order valence-corrected chi connectivity index (χ0v) is 44.1. The van der Waals surface area contributed by atoms with Crippen LogP contribution < -0.4 is 45.5 Å². The summed E-state index contributed by atoms with van der Waals surface area (Å²) in [4.78, 5) is 39.5. The summed E-state index contributed by atoms with van der Waals surface area (Å²) in [5.41, 5.74) is 7.95. The summed E-state index contributed by atoms with van der Waals surface area (Å²) in [5.74, 6) is 1.17. The van der Waals surface area contributed by atoms with E-state index in [1.54, 1.807) is 6.92 Å². The highest BCUT2D eigenvalue weighted by Gasteiger charge is 2.48. The molecule has 0 saturated carbocycles. The van der Waals surface area contributed by atoms with Crippen LogP contribution in [0.25, 0.3) is 16.7 Å². The van der Waals surface area contributed by atoms with Gasteiger partial charge in [-0.05, 0) is 101 Å². The lowest BCUT2D eigenvalue weighted by molar-refractivity contribution is -0.137. The van der Waals surface area contributed by atoms with Crippen molar-refractivity contribution >= 4 is 60.2 Å². The van der Waals surface area contributed by atoms with E-state index in [0.717, 1.165) is 106 Å². The zero-order chi connectivity index (χ0) is 52.9. The number of hydrogen-bond acceptors (Lipinski definition) is 16. The van der Waals surface area contributed by atoms with Crippen LogP contribution in [0.1, 0.15) is 111 Å². The Kier molecular flexibility index (Phi) is 14.6. The van der Waals surface area contributed by atoms with Crippen molar-refractivity contribution in [1.82, 2.24) is 39.5 Å². The number of anilines is 2. The molecule has 0 radical (unpaired) electrons. The van der Waals surface area contributed by atoms with Crippen LogP contribution in [0.4, 0.5) is 11.5 Å². The number of carbonyl (C=O) groups excluding carboxylic acids is 2. The molecular weight excluding hydrogens is 1020 g/mol. The molecule has 11 rings (SSSR count). The number of amides is 2. The summed E-state index contributed by atoms with van der Waals surface area (Å²) in [6.45, 7) is 6.90. The van der Waals surface area contributed by atoms with E-state index in [1.807, 2.05) is 0 Å². The highest BCUT2D eigenvalue weighted by atomic mass is 32.2. The Balaban J connectivity index is 0.702. The minimum Gasteiger partial charge on any atom is -0.744 e. The van der Waals surface area contributed by atoms with Crippen molar-refractivity contribution in [3.63, 3.8) is 0 Å². The Bertz CT molecular complexity index is 3490. The van der Waals surface area contributed by atoms with Gasteiger partial charge in [-0.3, -0.25) is 14.2 Å². The lowest BCUT2D eigenvalue weighted by atomic mass is 9.82. The van der Waals surface area contributed by atoms with Crippen molar-refractivity contribution in [3.05, 3.63) is 86.9 Å². The Labute approximate surface area is 440 Å². The number of nitrogens with zero attached hydrogens (tertiary/aromatic N) is 6. The van der Waals surface area contributed by atoms with E-state index in [2.05, 4.69) is 57.2 Å². The maximum atomic E-state index is 13.8. The zero-order valence-electron chi connectivity index (χ0n) is 42.5. The molecule has 0 aliphatic carbocycles. The fraction of sp³-hybridized carbons (Fsp3) is 0.509. The molecule has 1 saturated heterocycles. The highest BCUT2D eigenvalue weighted by Crippen LogP contribution is 2.49. The first-order valence-corrected chi connectivity index (χ1v) is 29.6. The number of unbranched alkanes of at least 4 members (excludes halogenated alkanes) is 3. The number of likely N-dealkylation sites (N-methyl/N-ethyl adjacent to an activating group) is 1. The SMILES string of the molecule is CCNC(=O)[C@H]1O[C@@H](n2cnc3c(NCCCCNC(=O)CCCCCNS(=O)(=O)c4ccc(C5=c6cc7c8c(c6Oc6c5cc5c9c6CCCN9CCC5)CCC[N+]=8CCC7)c(S(=O)(=O)[O-])c4)ncnc32)[C@H](O)[C@@H]1O. The van der Waals surface area contributed by atoms with Gasteiger partial charge in [0.2, 0.25) is 21.3 Å². The Morgan fingerprint density at radius 3 is 2.39 bits per heavy atom. The van der Waals surface area contributed by atoms with Crippen molar-refractivity contribution in [2.75, 3.05) is 62.6 Å². The number of carbonyl (C=O) groups is 2. The van der Waals surface area contributed by atoms with Crippen molar-refractivity contribution in [1.29, 1.82) is 0 Å². The molecule has 4 atom stereocenters. The van der Waals surface area contributed by atoms with E-state index >= 15 is 0 Å². The predicted octanol–water partition coefficient (Wildman–Crippen LogP) is 1.77. The van der Waals surface area contributed by atoms with Crippen LogP contribution in [0, 0.1) is 0 Å². The van der Waals surface area contributed by atoms with E-state index < -0.39 is 55.5 Å². The molecule has 6 aliphatic rings. The summed E-state index contributed by atoms with van der Waals surface area (Å²) in [6, 6.07) is 8.08. The third-order valence-electron chi connectivity index (χ3n) is 15.6. The predicted molar refractivity (Wildman–Crippen MR) is 279 cm³/mol. The van der Waals surface area contributed by atoms with Gasteiger partial charge in [0.05, 0.1) is 21.7 Å². The van der Waals surface area contributed by atoms with Crippen molar-refractivity contribution in [2.45, 2.75) is 131 Å². The molecular formula is C53H64N10O11S2. The maximum Gasteiger partial charge on any atom is 0.252 e. The van der Waals surface area contributed by atoms with Gasteiger partial charge in [0, 0.05) is 97.3 Å². The summed E-state index contributed by atoms with van der Waals surface area (Å²) in [6.07, 6.45) is 7.84. The third-order valence-corrected chi connectivity index (χ3v) is 17.9. The van der Waals surface area contributed by atoms with Gasteiger partial charge in [-0.25, -0.2) is 41.1 Å². The molecule has 2 amide bonds. The maximum absolute atomic E-state index is 13.8. The van der Waals surface area contributed by atoms with Gasteiger partial charge in [0.1, 0.15) is 53.2 Å². The molecule has 6 N–H and O–H groups in total. The molecule has 5 aromatic rings. The molecule has 3 aromatic carbocycles. The number of aromatic nitrogens is 4. The number of aryl methyl sites for hydroxylation is 2. The van der Waals surface area contributed by atoms with E-state index in [0.29, 0.717) is 85.8 Å². The van der Waals surface area contributed by atoms with E-state index in [-0.39, 0.29) is 29.3 Å². The number of sulfonamides is 1. The van der Waals surface area contributed by atoms with Crippen LogP contribution in [0.2, 0.25) is 0 Å². The quantitative estimate of drug-likeness (QED) is 0.0383. The van der Waals surface area contributed by atoms with E-state index in [9.17, 15) is 41.2 Å². The second-order valence-electron chi connectivity index (χ2n) is 20.5. The number of aliphatic hydroxyl groups excluding tert-OH is 2. The Hall–Kier alpha value is -6.08.